The smallest absolute Gasteiger partial charge is 0.289 e. The van der Waals surface area contributed by atoms with E-state index >= 15 is 0 Å². The molecule has 2 aliphatic rings. The van der Waals surface area contributed by atoms with Gasteiger partial charge in [-0.1, -0.05) is 0 Å². The molecule has 4 rings (SSSR count). The number of carbonyl (C=O) groups excluding carboxylic acids is 2. The number of rotatable bonds is 2. The molecule has 1 aromatic carbocycles. The summed E-state index contributed by atoms with van der Waals surface area (Å²) in [5.41, 5.74) is 2.05. The van der Waals surface area contributed by atoms with Crippen molar-refractivity contribution < 1.29 is 14.0 Å². The van der Waals surface area contributed by atoms with Gasteiger partial charge in [0.05, 0.1) is 6.26 Å². The molecule has 0 N–H and O–H groups in total. The summed E-state index contributed by atoms with van der Waals surface area (Å²) in [5, 5.41) is 0. The topological polar surface area (TPSA) is 53.8 Å². The van der Waals surface area contributed by atoms with Gasteiger partial charge in [0.1, 0.15) is 0 Å². The van der Waals surface area contributed by atoms with Gasteiger partial charge in [0.15, 0.2) is 5.76 Å². The Kier molecular flexibility index (Phi) is 5.02. The monoisotopic (exact) mass is 370 g/mol. The molecule has 26 heavy (non-hydrogen) atoms. The van der Waals surface area contributed by atoms with Crippen LogP contribution in [0.15, 0.2) is 45.9 Å². The zero-order valence-corrected chi connectivity index (χ0v) is 15.5. The van der Waals surface area contributed by atoms with E-state index in [9.17, 15) is 9.59 Å². The van der Waals surface area contributed by atoms with Crippen LogP contribution in [0.1, 0.15) is 39.3 Å². The number of hydrogen-bond donors (Lipinski definition) is 0. The van der Waals surface area contributed by atoms with E-state index in [0.717, 1.165) is 24.2 Å². The van der Waals surface area contributed by atoms with E-state index in [2.05, 4.69) is 12.1 Å². The van der Waals surface area contributed by atoms with Crippen LogP contribution in [0, 0.1) is 0 Å². The van der Waals surface area contributed by atoms with Gasteiger partial charge in [-0.05, 0) is 60.9 Å². The Bertz CT molecular complexity index is 803. The highest BCUT2D eigenvalue weighted by molar-refractivity contribution is 7.99. The largest absolute Gasteiger partial charge is 0.459 e. The second-order valence-electron chi connectivity index (χ2n) is 6.69. The average molecular weight is 370 g/mol. The maximum Gasteiger partial charge on any atom is 0.289 e. The fraction of sp³-hybridized carbons (Fsp3) is 0.400. The normalized spacial score (nSPS) is 17.5. The number of carbonyl (C=O) groups is 2. The van der Waals surface area contributed by atoms with Crippen LogP contribution in [0.4, 0.5) is 0 Å². The summed E-state index contributed by atoms with van der Waals surface area (Å²) in [7, 11) is 0. The standard InChI is InChI=1S/C20H22N2O3S/c23-19(16-6-7-18-15(14-16)4-2-13-26-18)21-8-3-9-22(11-10-21)20(24)17-5-1-12-25-17/h1,5-7,12,14H,2-4,8-11,13H2. The van der Waals surface area contributed by atoms with Crippen molar-refractivity contribution in [3.05, 3.63) is 53.5 Å². The lowest BCUT2D eigenvalue weighted by Crippen LogP contribution is -2.37. The van der Waals surface area contributed by atoms with Crippen LogP contribution in [-0.4, -0.2) is 53.5 Å². The molecular weight excluding hydrogens is 348 g/mol. The van der Waals surface area contributed by atoms with Crippen LogP contribution in [-0.2, 0) is 6.42 Å². The molecule has 2 aromatic rings. The van der Waals surface area contributed by atoms with Gasteiger partial charge in [-0.15, -0.1) is 11.8 Å². The summed E-state index contributed by atoms with van der Waals surface area (Å²) in [6.45, 7) is 2.40. The van der Waals surface area contributed by atoms with Crippen LogP contribution < -0.4 is 0 Å². The summed E-state index contributed by atoms with van der Waals surface area (Å²) < 4.78 is 5.21. The zero-order valence-electron chi connectivity index (χ0n) is 14.6. The molecule has 0 unspecified atom stereocenters. The van der Waals surface area contributed by atoms with Crippen molar-refractivity contribution in [1.82, 2.24) is 9.80 Å². The minimum absolute atomic E-state index is 0.0654. The first-order chi connectivity index (χ1) is 12.7. The molecule has 136 valence electrons. The summed E-state index contributed by atoms with van der Waals surface area (Å²) in [4.78, 5) is 30.3. The third-order valence-corrected chi connectivity index (χ3v) is 6.16. The first-order valence-electron chi connectivity index (χ1n) is 9.10. The Morgan fingerprint density at radius 3 is 2.54 bits per heavy atom. The third kappa shape index (κ3) is 3.51. The Balaban J connectivity index is 1.44. The van der Waals surface area contributed by atoms with Gasteiger partial charge in [0, 0.05) is 36.6 Å². The van der Waals surface area contributed by atoms with Crippen molar-refractivity contribution in [1.29, 1.82) is 0 Å². The van der Waals surface area contributed by atoms with Crippen molar-refractivity contribution >= 4 is 23.6 Å². The lowest BCUT2D eigenvalue weighted by molar-refractivity contribution is 0.0700. The number of benzene rings is 1. The lowest BCUT2D eigenvalue weighted by Gasteiger charge is -2.23. The molecule has 0 radical (unpaired) electrons. The molecule has 0 saturated carbocycles. The van der Waals surface area contributed by atoms with Gasteiger partial charge in [0.2, 0.25) is 0 Å². The Morgan fingerprint density at radius 1 is 0.962 bits per heavy atom. The molecule has 2 aliphatic heterocycles. The molecule has 1 fully saturated rings. The SMILES string of the molecule is O=C(c1ccc2c(c1)CCCS2)N1CCCN(C(=O)c2ccco2)CC1. The molecule has 0 spiro atoms. The highest BCUT2D eigenvalue weighted by Gasteiger charge is 2.25. The van der Waals surface area contributed by atoms with Crippen molar-refractivity contribution in [2.75, 3.05) is 31.9 Å². The van der Waals surface area contributed by atoms with Crippen LogP contribution in [0.2, 0.25) is 0 Å². The van der Waals surface area contributed by atoms with Crippen molar-refractivity contribution in [2.24, 2.45) is 0 Å². The number of fused-ring (bicyclic) bond motifs is 1. The molecule has 3 heterocycles. The molecule has 2 amide bonds. The fourth-order valence-corrected chi connectivity index (χ4v) is 4.57. The summed E-state index contributed by atoms with van der Waals surface area (Å²) >= 11 is 1.87. The second kappa shape index (κ2) is 7.58. The fourth-order valence-electron chi connectivity index (χ4n) is 3.56. The number of thioether (sulfide) groups is 1. The molecule has 0 aliphatic carbocycles. The highest BCUT2D eigenvalue weighted by atomic mass is 32.2. The van der Waals surface area contributed by atoms with E-state index < -0.39 is 0 Å². The van der Waals surface area contributed by atoms with Crippen LogP contribution in [0.3, 0.4) is 0 Å². The van der Waals surface area contributed by atoms with Crippen LogP contribution in [0.5, 0.6) is 0 Å². The van der Waals surface area contributed by atoms with Crippen molar-refractivity contribution in [2.45, 2.75) is 24.2 Å². The molecule has 1 aromatic heterocycles. The Hall–Kier alpha value is -2.21. The van der Waals surface area contributed by atoms with Gasteiger partial charge < -0.3 is 14.2 Å². The highest BCUT2D eigenvalue weighted by Crippen LogP contribution is 2.30. The number of furan rings is 1. The van der Waals surface area contributed by atoms with Gasteiger partial charge in [-0.3, -0.25) is 9.59 Å². The molecular formula is C20H22N2O3S. The van der Waals surface area contributed by atoms with E-state index in [1.807, 2.05) is 22.7 Å². The molecule has 0 atom stereocenters. The van der Waals surface area contributed by atoms with Gasteiger partial charge in [-0.2, -0.15) is 0 Å². The maximum absolute atomic E-state index is 12.9. The Morgan fingerprint density at radius 2 is 1.77 bits per heavy atom. The predicted octanol–water partition coefficient (Wildman–Crippen LogP) is 3.31. The summed E-state index contributed by atoms with van der Waals surface area (Å²) in [6.07, 6.45) is 4.51. The molecule has 5 nitrogen and oxygen atoms in total. The van der Waals surface area contributed by atoms with Crippen LogP contribution >= 0.6 is 11.8 Å². The quantitative estimate of drug-likeness (QED) is 0.814. The minimum atomic E-state index is -0.102. The van der Waals surface area contributed by atoms with E-state index in [0.29, 0.717) is 31.9 Å². The predicted molar refractivity (Wildman–Crippen MR) is 101 cm³/mol. The average Bonchev–Trinajstić information content (AvgIpc) is 3.11. The summed E-state index contributed by atoms with van der Waals surface area (Å²) in [6, 6.07) is 9.48. The van der Waals surface area contributed by atoms with E-state index in [1.165, 1.54) is 23.1 Å². The number of nitrogens with zero attached hydrogens (tertiary/aromatic N) is 2. The van der Waals surface area contributed by atoms with Gasteiger partial charge >= 0.3 is 0 Å². The van der Waals surface area contributed by atoms with E-state index in [-0.39, 0.29) is 11.8 Å². The molecule has 0 bridgehead atoms. The van der Waals surface area contributed by atoms with Gasteiger partial charge in [0.25, 0.3) is 11.8 Å². The molecule has 1 saturated heterocycles. The van der Waals surface area contributed by atoms with Gasteiger partial charge in [-0.25, -0.2) is 0 Å². The molecule has 6 heteroatoms. The number of hydrogen-bond acceptors (Lipinski definition) is 4. The number of amides is 2. The Labute approximate surface area is 157 Å². The minimum Gasteiger partial charge on any atom is -0.459 e. The van der Waals surface area contributed by atoms with E-state index in [4.69, 9.17) is 4.42 Å². The van der Waals surface area contributed by atoms with Crippen LogP contribution in [0.25, 0.3) is 0 Å². The maximum atomic E-state index is 12.9. The second-order valence-corrected chi connectivity index (χ2v) is 7.83. The van der Waals surface area contributed by atoms with Crippen molar-refractivity contribution in [3.63, 3.8) is 0 Å². The third-order valence-electron chi connectivity index (χ3n) is 4.96. The number of aryl methyl sites for hydroxylation is 1. The lowest BCUT2D eigenvalue weighted by atomic mass is 10.1. The zero-order chi connectivity index (χ0) is 17.9. The first kappa shape index (κ1) is 17.2. The van der Waals surface area contributed by atoms with E-state index in [1.54, 1.807) is 17.0 Å². The first-order valence-corrected chi connectivity index (χ1v) is 10.1. The van der Waals surface area contributed by atoms with Crippen molar-refractivity contribution in [3.8, 4) is 0 Å². The summed E-state index contributed by atoms with van der Waals surface area (Å²) in [5.74, 6) is 1.48.